The van der Waals surface area contributed by atoms with Gasteiger partial charge in [-0.05, 0) is 24.6 Å². The molecule has 3 aromatic rings. The highest BCUT2D eigenvalue weighted by atomic mass is 32.2. The third-order valence-corrected chi connectivity index (χ3v) is 6.80. The monoisotopic (exact) mass is 412 g/mol. The van der Waals surface area contributed by atoms with Crippen molar-refractivity contribution in [3.8, 4) is 17.3 Å². The van der Waals surface area contributed by atoms with Gasteiger partial charge < -0.3 is 9.84 Å². The fourth-order valence-corrected chi connectivity index (χ4v) is 5.24. The van der Waals surface area contributed by atoms with Gasteiger partial charge >= 0.3 is 0 Å². The van der Waals surface area contributed by atoms with Crippen LogP contribution in [0.15, 0.2) is 58.3 Å². The van der Waals surface area contributed by atoms with Crippen molar-refractivity contribution in [2.24, 2.45) is 4.99 Å². The number of sulfone groups is 1. The summed E-state index contributed by atoms with van der Waals surface area (Å²) in [6.45, 7) is 0. The summed E-state index contributed by atoms with van der Waals surface area (Å²) in [6, 6.07) is 13.5. The number of pyridine rings is 1. The molecule has 8 heteroatoms. The maximum absolute atomic E-state index is 13.1. The van der Waals surface area contributed by atoms with Crippen LogP contribution in [0.2, 0.25) is 0 Å². The van der Waals surface area contributed by atoms with E-state index in [0.717, 1.165) is 0 Å². The van der Waals surface area contributed by atoms with Crippen LogP contribution in [0.1, 0.15) is 12.0 Å². The van der Waals surface area contributed by atoms with E-state index in [2.05, 4.69) is 4.99 Å². The van der Waals surface area contributed by atoms with Gasteiger partial charge in [-0.15, -0.1) is 0 Å². The maximum Gasteiger partial charge on any atom is 0.265 e. The highest BCUT2D eigenvalue weighted by molar-refractivity contribution is 7.91. The summed E-state index contributed by atoms with van der Waals surface area (Å²) in [5, 5.41) is 12.0. The lowest BCUT2D eigenvalue weighted by Crippen LogP contribution is -2.20. The second-order valence-corrected chi connectivity index (χ2v) is 9.16. The Bertz CT molecular complexity index is 1280. The number of hydrogen-bond acceptors (Lipinski definition) is 6. The summed E-state index contributed by atoms with van der Waals surface area (Å²) in [4.78, 5) is 17.5. The lowest BCUT2D eigenvalue weighted by Gasteiger charge is -2.16. The van der Waals surface area contributed by atoms with Crippen molar-refractivity contribution in [2.75, 3.05) is 18.6 Å². The van der Waals surface area contributed by atoms with Crippen LogP contribution >= 0.6 is 0 Å². The lowest BCUT2D eigenvalue weighted by atomic mass is 10.1. The SMILES string of the molecule is COc1ccccc1-n1c(O)c(C=N[C@@H]2CCS(=O)(=O)C2)c2ccccc2c1=O. The Morgan fingerprint density at radius 3 is 2.52 bits per heavy atom. The van der Waals surface area contributed by atoms with Gasteiger partial charge in [-0.25, -0.2) is 13.0 Å². The zero-order valence-electron chi connectivity index (χ0n) is 15.8. The Hall–Kier alpha value is -3.13. The van der Waals surface area contributed by atoms with E-state index < -0.39 is 9.84 Å². The predicted octanol–water partition coefficient (Wildman–Crippen LogP) is 2.31. The normalized spacial score (nSPS) is 18.4. The molecule has 1 aromatic heterocycles. The van der Waals surface area contributed by atoms with E-state index in [9.17, 15) is 18.3 Å². The Kier molecular flexibility index (Phi) is 4.87. The number of nitrogens with zero attached hydrogens (tertiary/aromatic N) is 2. The second kappa shape index (κ2) is 7.36. The lowest BCUT2D eigenvalue weighted by molar-refractivity contribution is 0.404. The molecule has 4 rings (SSSR count). The number of ether oxygens (including phenoxy) is 1. The fraction of sp³-hybridized carbons (Fsp3) is 0.238. The Labute approximate surface area is 167 Å². The molecule has 1 aliphatic heterocycles. The number of rotatable bonds is 4. The molecule has 150 valence electrons. The highest BCUT2D eigenvalue weighted by Gasteiger charge is 2.27. The number of aromatic hydroxyl groups is 1. The number of methoxy groups -OCH3 is 1. The van der Waals surface area contributed by atoms with Crippen molar-refractivity contribution in [3.05, 3.63) is 64.4 Å². The van der Waals surface area contributed by atoms with Gasteiger partial charge in [-0.2, -0.15) is 0 Å². The van der Waals surface area contributed by atoms with Crippen LogP contribution in [0.5, 0.6) is 11.6 Å². The highest BCUT2D eigenvalue weighted by Crippen LogP contribution is 2.30. The molecule has 0 saturated carbocycles. The smallest absolute Gasteiger partial charge is 0.265 e. The Morgan fingerprint density at radius 1 is 1.14 bits per heavy atom. The van der Waals surface area contributed by atoms with Crippen molar-refractivity contribution >= 4 is 26.8 Å². The predicted molar refractivity (Wildman–Crippen MR) is 112 cm³/mol. The molecular formula is C21H20N2O5S. The molecule has 0 spiro atoms. The quantitative estimate of drug-likeness (QED) is 0.663. The van der Waals surface area contributed by atoms with Gasteiger partial charge in [0.05, 0.1) is 35.9 Å². The summed E-state index contributed by atoms with van der Waals surface area (Å²) >= 11 is 0. The van der Waals surface area contributed by atoms with Crippen molar-refractivity contribution in [1.29, 1.82) is 0 Å². The van der Waals surface area contributed by atoms with Crippen molar-refractivity contribution < 1.29 is 18.3 Å². The summed E-state index contributed by atoms with van der Waals surface area (Å²) in [5.41, 5.74) is 0.375. The van der Waals surface area contributed by atoms with Crippen LogP contribution in [-0.2, 0) is 9.84 Å². The molecule has 0 radical (unpaired) electrons. The van der Waals surface area contributed by atoms with E-state index in [1.165, 1.54) is 17.9 Å². The number of hydrogen-bond donors (Lipinski definition) is 1. The molecular weight excluding hydrogens is 392 g/mol. The largest absolute Gasteiger partial charge is 0.495 e. The van der Waals surface area contributed by atoms with E-state index >= 15 is 0 Å². The molecule has 1 atom stereocenters. The van der Waals surface area contributed by atoms with Gasteiger partial charge in [0.15, 0.2) is 9.84 Å². The zero-order chi connectivity index (χ0) is 20.6. The van der Waals surface area contributed by atoms with Gasteiger partial charge in [-0.3, -0.25) is 9.79 Å². The molecule has 1 N–H and O–H groups in total. The Morgan fingerprint density at radius 2 is 1.83 bits per heavy atom. The van der Waals surface area contributed by atoms with E-state index in [-0.39, 0.29) is 29.0 Å². The first-order valence-corrected chi connectivity index (χ1v) is 11.0. The average molecular weight is 412 g/mol. The summed E-state index contributed by atoms with van der Waals surface area (Å²) in [5.74, 6) is 0.268. The maximum atomic E-state index is 13.1. The van der Waals surface area contributed by atoms with Crippen LogP contribution < -0.4 is 10.3 Å². The van der Waals surface area contributed by atoms with Crippen LogP contribution in [0, 0.1) is 0 Å². The minimum atomic E-state index is -3.07. The van der Waals surface area contributed by atoms with Crippen molar-refractivity contribution in [1.82, 2.24) is 4.57 Å². The van der Waals surface area contributed by atoms with Gasteiger partial charge in [0.2, 0.25) is 5.88 Å². The van der Waals surface area contributed by atoms with Gasteiger partial charge in [0, 0.05) is 17.0 Å². The van der Waals surface area contributed by atoms with E-state index in [4.69, 9.17) is 4.74 Å². The molecule has 1 saturated heterocycles. The molecule has 1 aliphatic rings. The zero-order valence-corrected chi connectivity index (χ0v) is 16.6. The molecule has 0 amide bonds. The van der Waals surface area contributed by atoms with E-state index in [0.29, 0.717) is 34.2 Å². The second-order valence-electron chi connectivity index (χ2n) is 6.93. The van der Waals surface area contributed by atoms with E-state index in [1.807, 2.05) is 0 Å². The van der Waals surface area contributed by atoms with Crippen LogP contribution in [0.3, 0.4) is 0 Å². The number of aliphatic imine (C=N–C) groups is 1. The molecule has 0 bridgehead atoms. The van der Waals surface area contributed by atoms with E-state index in [1.54, 1.807) is 48.5 Å². The Balaban J connectivity index is 1.94. The molecule has 1 fully saturated rings. The third-order valence-electron chi connectivity index (χ3n) is 5.05. The molecule has 2 heterocycles. The fourth-order valence-electron chi connectivity index (χ4n) is 3.60. The standard InChI is InChI=1S/C21H20N2O5S/c1-28-19-9-5-4-8-18(19)23-20(24)16-7-3-2-6-15(16)17(21(23)25)12-22-14-10-11-29(26,27)13-14/h2-9,12,14,25H,10-11,13H2,1H3/t14-/m1/s1. The van der Waals surface area contributed by atoms with Crippen molar-refractivity contribution in [2.45, 2.75) is 12.5 Å². The molecule has 0 unspecified atom stereocenters. The first-order valence-electron chi connectivity index (χ1n) is 9.15. The third kappa shape index (κ3) is 3.51. The molecule has 29 heavy (non-hydrogen) atoms. The van der Waals surface area contributed by atoms with Crippen LogP contribution in [0.4, 0.5) is 0 Å². The number of benzene rings is 2. The summed E-state index contributed by atoms with van der Waals surface area (Å²) in [6.07, 6.45) is 1.91. The average Bonchev–Trinajstić information content (AvgIpc) is 3.07. The first kappa shape index (κ1) is 19.2. The number of para-hydroxylation sites is 2. The molecule has 2 aromatic carbocycles. The molecule has 7 nitrogen and oxygen atoms in total. The van der Waals surface area contributed by atoms with Crippen molar-refractivity contribution in [3.63, 3.8) is 0 Å². The van der Waals surface area contributed by atoms with Gasteiger partial charge in [0.1, 0.15) is 5.75 Å². The number of fused-ring (bicyclic) bond motifs is 1. The summed E-state index contributed by atoms with van der Waals surface area (Å²) < 4.78 is 29.9. The minimum absolute atomic E-state index is 0.00561. The minimum Gasteiger partial charge on any atom is -0.495 e. The van der Waals surface area contributed by atoms with Crippen LogP contribution in [-0.4, -0.2) is 49.0 Å². The topological polar surface area (TPSA) is 98.0 Å². The first-order chi connectivity index (χ1) is 13.9. The van der Waals surface area contributed by atoms with Gasteiger partial charge in [-0.1, -0.05) is 30.3 Å². The molecule has 0 aliphatic carbocycles. The van der Waals surface area contributed by atoms with Gasteiger partial charge in [0.25, 0.3) is 5.56 Å². The van der Waals surface area contributed by atoms with Crippen LogP contribution in [0.25, 0.3) is 16.5 Å². The summed E-state index contributed by atoms with van der Waals surface area (Å²) in [7, 11) is -1.58. The number of aromatic nitrogens is 1.